The summed E-state index contributed by atoms with van der Waals surface area (Å²) in [6.07, 6.45) is 7.62. The Kier molecular flexibility index (Phi) is 7.77. The molecular weight excluding hydrogens is 354 g/mol. The van der Waals surface area contributed by atoms with E-state index in [1.807, 2.05) is 12.1 Å². The second-order valence-electron chi connectivity index (χ2n) is 7.97. The highest BCUT2D eigenvalue weighted by atomic mass is 16.3. The summed E-state index contributed by atoms with van der Waals surface area (Å²) in [6, 6.07) is 4.46. The molecule has 0 bridgehead atoms. The van der Waals surface area contributed by atoms with Gasteiger partial charge in [-0.15, -0.1) is 0 Å². The van der Waals surface area contributed by atoms with E-state index in [1.165, 1.54) is 19.4 Å². The van der Waals surface area contributed by atoms with Crippen LogP contribution in [0, 0.1) is 5.92 Å². The minimum Gasteiger partial charge on any atom is -0.469 e. The van der Waals surface area contributed by atoms with Crippen molar-refractivity contribution in [1.29, 1.82) is 0 Å². The topological polar surface area (TPSA) is 87.1 Å². The van der Waals surface area contributed by atoms with E-state index in [9.17, 15) is 4.79 Å². The molecule has 7 nitrogen and oxygen atoms in total. The second kappa shape index (κ2) is 10.5. The number of piperidine rings is 1. The number of primary amides is 1. The lowest BCUT2D eigenvalue weighted by molar-refractivity contribution is -0.119. The zero-order valence-electron chi connectivity index (χ0n) is 17.1. The summed E-state index contributed by atoms with van der Waals surface area (Å²) in [7, 11) is 0. The number of hydrogen-bond acceptors (Lipinski definition) is 4. The van der Waals surface area contributed by atoms with E-state index >= 15 is 0 Å². The van der Waals surface area contributed by atoms with Gasteiger partial charge < -0.3 is 20.4 Å². The molecule has 0 saturated carbocycles. The van der Waals surface area contributed by atoms with Crippen molar-refractivity contribution in [1.82, 2.24) is 15.1 Å². The number of rotatable bonds is 8. The standard InChI is InChI=1S/C21H35N5O2/c1-2-25-11-4-7-18(25)15-24-21(23-10-9-19-8-5-13-28-19)26-12-3-6-17(16-26)14-20(22)27/h5,8,13,17-18H,2-4,6-7,9-12,14-16H2,1H3,(H2,22,27)(H,23,24). The summed E-state index contributed by atoms with van der Waals surface area (Å²) in [5.41, 5.74) is 5.43. The van der Waals surface area contributed by atoms with Crippen molar-refractivity contribution in [3.05, 3.63) is 24.2 Å². The number of nitrogens with one attached hydrogen (secondary N) is 1. The van der Waals surface area contributed by atoms with Gasteiger partial charge in [0.15, 0.2) is 5.96 Å². The van der Waals surface area contributed by atoms with E-state index in [4.69, 9.17) is 15.1 Å². The molecule has 2 aliphatic heterocycles. The molecule has 7 heteroatoms. The lowest BCUT2D eigenvalue weighted by atomic mass is 9.95. The number of hydrogen-bond donors (Lipinski definition) is 2. The van der Waals surface area contributed by atoms with E-state index < -0.39 is 0 Å². The second-order valence-corrected chi connectivity index (χ2v) is 7.97. The summed E-state index contributed by atoms with van der Waals surface area (Å²) < 4.78 is 5.44. The van der Waals surface area contributed by atoms with Crippen molar-refractivity contribution in [2.24, 2.45) is 16.6 Å². The zero-order valence-corrected chi connectivity index (χ0v) is 17.1. The number of amides is 1. The average molecular weight is 390 g/mol. The molecule has 0 aliphatic carbocycles. The Morgan fingerprint density at radius 1 is 1.36 bits per heavy atom. The molecular formula is C21H35N5O2. The van der Waals surface area contributed by atoms with Crippen molar-refractivity contribution >= 4 is 11.9 Å². The van der Waals surface area contributed by atoms with Gasteiger partial charge in [-0.1, -0.05) is 6.92 Å². The third kappa shape index (κ3) is 5.99. The molecule has 0 aromatic carbocycles. The van der Waals surface area contributed by atoms with Crippen molar-refractivity contribution in [3.63, 3.8) is 0 Å². The number of likely N-dealkylation sites (tertiary alicyclic amines) is 2. The van der Waals surface area contributed by atoms with Gasteiger partial charge >= 0.3 is 0 Å². The van der Waals surface area contributed by atoms with Gasteiger partial charge in [0.05, 0.1) is 12.8 Å². The van der Waals surface area contributed by atoms with Gasteiger partial charge in [-0.3, -0.25) is 14.7 Å². The molecule has 1 aromatic rings. The predicted octanol–water partition coefficient (Wildman–Crippen LogP) is 1.84. The molecule has 2 atom stereocenters. The summed E-state index contributed by atoms with van der Waals surface area (Å²) in [5, 5.41) is 3.54. The van der Waals surface area contributed by atoms with Crippen LogP contribution in [0.15, 0.2) is 27.8 Å². The summed E-state index contributed by atoms with van der Waals surface area (Å²) in [6.45, 7) is 7.93. The maximum absolute atomic E-state index is 11.4. The number of carbonyl (C=O) groups is 1. The Hall–Kier alpha value is -2.02. The van der Waals surface area contributed by atoms with Crippen LogP contribution in [0.1, 0.15) is 44.8 Å². The molecule has 28 heavy (non-hydrogen) atoms. The fourth-order valence-corrected chi connectivity index (χ4v) is 4.44. The average Bonchev–Trinajstić information content (AvgIpc) is 3.35. The number of likely N-dealkylation sites (N-methyl/N-ethyl adjacent to an activating group) is 1. The highest BCUT2D eigenvalue weighted by molar-refractivity contribution is 5.80. The van der Waals surface area contributed by atoms with Gasteiger partial charge in [0.2, 0.25) is 5.91 Å². The SMILES string of the molecule is CCN1CCCC1CN=C(NCCc1ccco1)N1CCCC(CC(N)=O)C1. The first-order chi connectivity index (χ1) is 13.7. The smallest absolute Gasteiger partial charge is 0.217 e. The summed E-state index contributed by atoms with van der Waals surface area (Å²) >= 11 is 0. The highest BCUT2D eigenvalue weighted by Crippen LogP contribution is 2.20. The molecule has 156 valence electrons. The summed E-state index contributed by atoms with van der Waals surface area (Å²) in [4.78, 5) is 21.2. The van der Waals surface area contributed by atoms with Gasteiger partial charge in [-0.05, 0) is 56.8 Å². The number of nitrogens with zero attached hydrogens (tertiary/aromatic N) is 3. The van der Waals surface area contributed by atoms with Crippen LogP contribution < -0.4 is 11.1 Å². The van der Waals surface area contributed by atoms with Gasteiger partial charge in [0.1, 0.15) is 5.76 Å². The van der Waals surface area contributed by atoms with Gasteiger partial charge in [-0.25, -0.2) is 0 Å². The molecule has 1 aromatic heterocycles. The van der Waals surface area contributed by atoms with Crippen LogP contribution >= 0.6 is 0 Å². The molecule has 3 N–H and O–H groups in total. The van der Waals surface area contributed by atoms with Gasteiger partial charge in [0, 0.05) is 38.5 Å². The Balaban J connectivity index is 1.62. The third-order valence-electron chi connectivity index (χ3n) is 5.90. The van der Waals surface area contributed by atoms with Crippen molar-refractivity contribution < 1.29 is 9.21 Å². The molecule has 2 aliphatic rings. The van der Waals surface area contributed by atoms with Crippen LogP contribution in [-0.2, 0) is 11.2 Å². The Morgan fingerprint density at radius 2 is 2.21 bits per heavy atom. The first-order valence-corrected chi connectivity index (χ1v) is 10.7. The van der Waals surface area contributed by atoms with E-state index in [-0.39, 0.29) is 5.91 Å². The van der Waals surface area contributed by atoms with E-state index in [2.05, 4.69) is 22.0 Å². The monoisotopic (exact) mass is 389 g/mol. The largest absolute Gasteiger partial charge is 0.469 e. The maximum Gasteiger partial charge on any atom is 0.217 e. The number of nitrogens with two attached hydrogens (primary N) is 1. The maximum atomic E-state index is 11.4. The van der Waals surface area contributed by atoms with Crippen LogP contribution in [-0.4, -0.2) is 67.0 Å². The number of aliphatic imine (C=N–C) groups is 1. The minimum atomic E-state index is -0.208. The predicted molar refractivity (Wildman–Crippen MR) is 111 cm³/mol. The zero-order chi connectivity index (χ0) is 19.8. The highest BCUT2D eigenvalue weighted by Gasteiger charge is 2.26. The Morgan fingerprint density at radius 3 is 2.96 bits per heavy atom. The Bertz CT molecular complexity index is 631. The van der Waals surface area contributed by atoms with Crippen LogP contribution in [0.3, 0.4) is 0 Å². The molecule has 2 fully saturated rings. The van der Waals surface area contributed by atoms with Gasteiger partial charge in [-0.2, -0.15) is 0 Å². The van der Waals surface area contributed by atoms with Crippen molar-refractivity contribution in [2.45, 2.75) is 51.5 Å². The number of guanidine groups is 1. The first-order valence-electron chi connectivity index (χ1n) is 10.7. The van der Waals surface area contributed by atoms with Crippen LogP contribution in [0.4, 0.5) is 0 Å². The quantitative estimate of drug-likeness (QED) is 0.523. The lowest BCUT2D eigenvalue weighted by Gasteiger charge is -2.35. The third-order valence-corrected chi connectivity index (χ3v) is 5.90. The molecule has 2 saturated heterocycles. The minimum absolute atomic E-state index is 0.208. The van der Waals surface area contributed by atoms with Crippen LogP contribution in [0.5, 0.6) is 0 Å². The van der Waals surface area contributed by atoms with Crippen LogP contribution in [0.2, 0.25) is 0 Å². The van der Waals surface area contributed by atoms with Crippen molar-refractivity contribution in [2.75, 3.05) is 39.3 Å². The fraction of sp³-hybridized carbons (Fsp3) is 0.714. The molecule has 2 unspecified atom stereocenters. The fourth-order valence-electron chi connectivity index (χ4n) is 4.44. The van der Waals surface area contributed by atoms with Crippen LogP contribution in [0.25, 0.3) is 0 Å². The molecule has 0 radical (unpaired) electrons. The van der Waals surface area contributed by atoms with E-state index in [0.29, 0.717) is 18.4 Å². The molecule has 3 heterocycles. The van der Waals surface area contributed by atoms with E-state index in [1.54, 1.807) is 6.26 Å². The lowest BCUT2D eigenvalue weighted by Crippen LogP contribution is -2.48. The van der Waals surface area contributed by atoms with E-state index in [0.717, 1.165) is 63.7 Å². The molecule has 1 amide bonds. The van der Waals surface area contributed by atoms with Gasteiger partial charge in [0.25, 0.3) is 0 Å². The summed E-state index contributed by atoms with van der Waals surface area (Å²) in [5.74, 6) is 2.05. The molecule has 0 spiro atoms. The first kappa shape index (κ1) is 20.7. The Labute approximate surface area is 168 Å². The van der Waals surface area contributed by atoms with Crippen molar-refractivity contribution in [3.8, 4) is 0 Å². The molecule has 3 rings (SSSR count). The number of furan rings is 1. The normalized spacial score (nSPS) is 23.9. The number of carbonyl (C=O) groups excluding carboxylic acids is 1.